The largest absolute Gasteiger partial charge is 0.453 e. The average Bonchev–Trinajstić information content (AvgIpc) is 3.20. The molecular formula is C16H17N3O3. The molecule has 1 amide bonds. The van der Waals surface area contributed by atoms with Crippen LogP contribution in [0, 0.1) is 0 Å². The van der Waals surface area contributed by atoms with Gasteiger partial charge in [0.1, 0.15) is 11.3 Å². The van der Waals surface area contributed by atoms with E-state index in [9.17, 15) is 9.59 Å². The van der Waals surface area contributed by atoms with E-state index in [2.05, 4.69) is 15.6 Å². The molecule has 4 rings (SSSR count). The van der Waals surface area contributed by atoms with Gasteiger partial charge in [0.2, 0.25) is 0 Å². The lowest BCUT2D eigenvalue weighted by Crippen LogP contribution is -2.43. The average molecular weight is 299 g/mol. The highest BCUT2D eigenvalue weighted by molar-refractivity contribution is 5.98. The number of amides is 1. The van der Waals surface area contributed by atoms with E-state index in [-0.39, 0.29) is 23.5 Å². The molecule has 2 bridgehead atoms. The molecule has 3 atom stereocenters. The molecule has 0 saturated carbocycles. The monoisotopic (exact) mass is 299 g/mol. The highest BCUT2D eigenvalue weighted by atomic mass is 16.3. The summed E-state index contributed by atoms with van der Waals surface area (Å²) in [5, 5.41) is 7.26. The summed E-state index contributed by atoms with van der Waals surface area (Å²) in [5.74, 6) is -0.0519. The molecule has 114 valence electrons. The molecule has 2 fully saturated rings. The Labute approximate surface area is 127 Å². The maximum Gasteiger partial charge on any atom is 0.270 e. The summed E-state index contributed by atoms with van der Waals surface area (Å²) in [5.41, 5.74) is 0.830. The maximum atomic E-state index is 12.4. The first-order valence-corrected chi connectivity index (χ1v) is 7.57. The number of carbonyl (C=O) groups excluding carboxylic acids is 2. The number of ketones is 1. The molecule has 2 aliphatic rings. The minimum absolute atomic E-state index is 0.143. The molecule has 2 saturated heterocycles. The Kier molecular flexibility index (Phi) is 3.00. The lowest BCUT2D eigenvalue weighted by molar-refractivity contribution is 0.0925. The van der Waals surface area contributed by atoms with Crippen LogP contribution in [0.2, 0.25) is 0 Å². The summed E-state index contributed by atoms with van der Waals surface area (Å²) in [6.45, 7) is 1.45. The second-order valence-corrected chi connectivity index (χ2v) is 6.14. The van der Waals surface area contributed by atoms with Crippen molar-refractivity contribution >= 4 is 22.7 Å². The van der Waals surface area contributed by atoms with Crippen molar-refractivity contribution in [1.29, 1.82) is 0 Å². The van der Waals surface area contributed by atoms with Crippen LogP contribution in [0.5, 0.6) is 0 Å². The quantitative estimate of drug-likeness (QED) is 0.842. The van der Waals surface area contributed by atoms with Crippen LogP contribution in [0.25, 0.3) is 11.0 Å². The van der Waals surface area contributed by atoms with E-state index in [0.717, 1.165) is 18.2 Å². The molecule has 0 aliphatic carbocycles. The SMILES string of the molecule is CC(=O)c1cc2cnc(C(=O)N[C@@H]3C[C@H]4CC[C@@H]3N4)cc2o1. The first-order chi connectivity index (χ1) is 10.6. The summed E-state index contributed by atoms with van der Waals surface area (Å²) >= 11 is 0. The Morgan fingerprint density at radius 3 is 2.91 bits per heavy atom. The maximum absolute atomic E-state index is 12.4. The second kappa shape index (κ2) is 4.91. The molecule has 6 heteroatoms. The van der Waals surface area contributed by atoms with Crippen LogP contribution in [0.3, 0.4) is 0 Å². The van der Waals surface area contributed by atoms with Crippen LogP contribution in [-0.4, -0.2) is 34.8 Å². The van der Waals surface area contributed by atoms with E-state index < -0.39 is 0 Å². The molecule has 2 N–H and O–H groups in total. The Balaban J connectivity index is 1.55. The Morgan fingerprint density at radius 2 is 2.23 bits per heavy atom. The van der Waals surface area contributed by atoms with Gasteiger partial charge in [-0.15, -0.1) is 0 Å². The van der Waals surface area contributed by atoms with Crippen molar-refractivity contribution in [1.82, 2.24) is 15.6 Å². The van der Waals surface area contributed by atoms with Gasteiger partial charge in [0.05, 0.1) is 0 Å². The van der Waals surface area contributed by atoms with Gasteiger partial charge in [0.15, 0.2) is 11.5 Å². The van der Waals surface area contributed by atoms with Gasteiger partial charge in [-0.05, 0) is 25.3 Å². The Morgan fingerprint density at radius 1 is 1.36 bits per heavy atom. The minimum atomic E-state index is -0.193. The van der Waals surface area contributed by atoms with Crippen LogP contribution in [0.1, 0.15) is 47.2 Å². The fourth-order valence-electron chi connectivity index (χ4n) is 3.46. The van der Waals surface area contributed by atoms with Crippen molar-refractivity contribution in [2.45, 2.75) is 44.3 Å². The van der Waals surface area contributed by atoms with Gasteiger partial charge in [-0.2, -0.15) is 0 Å². The van der Waals surface area contributed by atoms with Gasteiger partial charge >= 0.3 is 0 Å². The number of fused-ring (bicyclic) bond motifs is 3. The van der Waals surface area contributed by atoms with Crippen molar-refractivity contribution < 1.29 is 14.0 Å². The molecule has 2 aromatic heterocycles. The van der Waals surface area contributed by atoms with Crippen LogP contribution >= 0.6 is 0 Å². The molecular weight excluding hydrogens is 282 g/mol. The van der Waals surface area contributed by atoms with Gasteiger partial charge in [-0.3, -0.25) is 14.6 Å². The van der Waals surface area contributed by atoms with E-state index in [0.29, 0.717) is 23.4 Å². The van der Waals surface area contributed by atoms with Gasteiger partial charge in [0, 0.05) is 42.7 Å². The highest BCUT2D eigenvalue weighted by Crippen LogP contribution is 2.28. The third-order valence-corrected chi connectivity index (χ3v) is 4.60. The number of aromatic nitrogens is 1. The van der Waals surface area contributed by atoms with E-state index >= 15 is 0 Å². The standard InChI is InChI=1S/C16H17N3O3/c1-8(20)14-4-9-7-17-13(6-15(9)22-14)16(21)19-12-5-10-2-3-11(12)18-10/h4,6-7,10-12,18H,2-3,5H2,1H3,(H,19,21)/t10-,11+,12-/m1/s1. The van der Waals surface area contributed by atoms with Gasteiger partial charge in [-0.25, -0.2) is 0 Å². The smallest absolute Gasteiger partial charge is 0.270 e. The van der Waals surface area contributed by atoms with E-state index in [4.69, 9.17) is 4.42 Å². The molecule has 6 nitrogen and oxygen atoms in total. The number of hydrogen-bond donors (Lipinski definition) is 2. The van der Waals surface area contributed by atoms with Crippen LogP contribution in [-0.2, 0) is 0 Å². The zero-order valence-corrected chi connectivity index (χ0v) is 12.3. The molecule has 2 aromatic rings. The Hall–Kier alpha value is -2.21. The number of carbonyl (C=O) groups is 2. The third kappa shape index (κ3) is 2.20. The van der Waals surface area contributed by atoms with Crippen molar-refractivity contribution in [3.63, 3.8) is 0 Å². The van der Waals surface area contributed by atoms with Crippen molar-refractivity contribution in [2.24, 2.45) is 0 Å². The number of Topliss-reactive ketones (excluding diaryl/α,β-unsaturated/α-hetero) is 1. The minimum Gasteiger partial charge on any atom is -0.453 e. The summed E-state index contributed by atoms with van der Waals surface area (Å²) in [7, 11) is 0. The summed E-state index contributed by atoms with van der Waals surface area (Å²) < 4.78 is 5.46. The fraction of sp³-hybridized carbons (Fsp3) is 0.438. The van der Waals surface area contributed by atoms with Gasteiger partial charge in [-0.1, -0.05) is 0 Å². The van der Waals surface area contributed by atoms with Gasteiger partial charge < -0.3 is 15.1 Å². The lowest BCUT2D eigenvalue weighted by atomic mass is 9.95. The second-order valence-electron chi connectivity index (χ2n) is 6.14. The number of nitrogens with one attached hydrogen (secondary N) is 2. The number of furan rings is 1. The lowest BCUT2D eigenvalue weighted by Gasteiger charge is -2.21. The van der Waals surface area contributed by atoms with Crippen molar-refractivity contribution in [2.75, 3.05) is 0 Å². The van der Waals surface area contributed by atoms with E-state index in [1.54, 1.807) is 18.3 Å². The van der Waals surface area contributed by atoms with Crippen LogP contribution in [0.15, 0.2) is 22.7 Å². The topological polar surface area (TPSA) is 84.2 Å². The normalized spacial score (nSPS) is 26.5. The number of hydrogen-bond acceptors (Lipinski definition) is 5. The molecule has 0 aromatic carbocycles. The first-order valence-electron chi connectivity index (χ1n) is 7.57. The van der Waals surface area contributed by atoms with Crippen LogP contribution in [0.4, 0.5) is 0 Å². The predicted molar refractivity (Wildman–Crippen MR) is 79.8 cm³/mol. The first kappa shape index (κ1) is 13.5. The van der Waals surface area contributed by atoms with Crippen molar-refractivity contribution in [3.8, 4) is 0 Å². The molecule has 0 spiro atoms. The van der Waals surface area contributed by atoms with E-state index in [1.807, 2.05) is 0 Å². The zero-order chi connectivity index (χ0) is 15.3. The predicted octanol–water partition coefficient (Wildman–Crippen LogP) is 1.65. The molecule has 22 heavy (non-hydrogen) atoms. The number of nitrogens with zero attached hydrogens (tertiary/aromatic N) is 1. The third-order valence-electron chi connectivity index (χ3n) is 4.60. The molecule has 4 heterocycles. The number of pyridine rings is 1. The molecule has 2 aliphatic heterocycles. The van der Waals surface area contributed by atoms with Crippen molar-refractivity contribution in [3.05, 3.63) is 29.8 Å². The zero-order valence-electron chi connectivity index (χ0n) is 12.3. The highest BCUT2D eigenvalue weighted by Gasteiger charge is 2.39. The van der Waals surface area contributed by atoms with E-state index in [1.165, 1.54) is 13.3 Å². The van der Waals surface area contributed by atoms with Gasteiger partial charge in [0.25, 0.3) is 5.91 Å². The summed E-state index contributed by atoms with van der Waals surface area (Å²) in [4.78, 5) is 27.9. The summed E-state index contributed by atoms with van der Waals surface area (Å²) in [6.07, 6.45) is 4.86. The molecule has 0 unspecified atom stereocenters. The molecule has 0 radical (unpaired) electrons. The Bertz CT molecular complexity index is 767. The van der Waals surface area contributed by atoms with Crippen LogP contribution < -0.4 is 10.6 Å². The fourth-order valence-corrected chi connectivity index (χ4v) is 3.46. The number of rotatable bonds is 3. The summed E-state index contributed by atoms with van der Waals surface area (Å²) in [6, 6.07) is 4.33.